The smallest absolute Gasteiger partial charge is 0.326 e. The number of benzene rings is 1. The highest BCUT2D eigenvalue weighted by molar-refractivity contribution is 7.19. The van der Waals surface area contributed by atoms with Crippen molar-refractivity contribution in [1.29, 1.82) is 0 Å². The molecule has 0 saturated carbocycles. The van der Waals surface area contributed by atoms with Crippen molar-refractivity contribution in [3.8, 4) is 0 Å². The van der Waals surface area contributed by atoms with E-state index in [0.717, 1.165) is 18.1 Å². The third-order valence-electron chi connectivity index (χ3n) is 3.54. The van der Waals surface area contributed by atoms with Gasteiger partial charge in [0.25, 0.3) is 0 Å². The first-order valence-electron chi connectivity index (χ1n) is 6.64. The van der Waals surface area contributed by atoms with Crippen molar-refractivity contribution >= 4 is 27.0 Å². The third kappa shape index (κ3) is 2.82. The van der Waals surface area contributed by atoms with Crippen LogP contribution in [0.1, 0.15) is 0 Å². The number of hydrogen-bond acceptors (Lipinski definition) is 5. The molecule has 2 aromatic rings. The van der Waals surface area contributed by atoms with Crippen LogP contribution in [0, 0.1) is 15.9 Å². The molecule has 0 spiro atoms. The fraction of sp³-hybridized carbons (Fsp3) is 0.286. The Kier molecular flexibility index (Phi) is 3.74. The fourth-order valence-electron chi connectivity index (χ4n) is 2.46. The second-order valence-electron chi connectivity index (χ2n) is 4.79. The Labute approximate surface area is 125 Å². The van der Waals surface area contributed by atoms with Crippen molar-refractivity contribution < 1.29 is 9.31 Å². The Bertz CT molecular complexity index is 653. The number of rotatable bonds is 3. The van der Waals surface area contributed by atoms with Gasteiger partial charge in [0.15, 0.2) is 0 Å². The van der Waals surface area contributed by atoms with Crippen LogP contribution in [0.3, 0.4) is 0 Å². The molecule has 0 bridgehead atoms. The van der Waals surface area contributed by atoms with Gasteiger partial charge < -0.3 is 9.80 Å². The molecule has 7 heteroatoms. The molecule has 1 aliphatic rings. The highest BCUT2D eigenvalue weighted by Crippen LogP contribution is 2.32. The molecule has 1 aromatic heterocycles. The second kappa shape index (κ2) is 5.69. The largest absolute Gasteiger partial charge is 0.366 e. The third-order valence-corrected chi connectivity index (χ3v) is 4.64. The summed E-state index contributed by atoms with van der Waals surface area (Å²) in [6.07, 6.45) is 0. The van der Waals surface area contributed by atoms with Gasteiger partial charge in [-0.05, 0) is 29.5 Å². The number of nitro groups is 1. The molecule has 21 heavy (non-hydrogen) atoms. The van der Waals surface area contributed by atoms with Crippen LogP contribution in [0.15, 0.2) is 36.4 Å². The summed E-state index contributed by atoms with van der Waals surface area (Å²) in [5, 5.41) is 11.8. The average Bonchev–Trinajstić information content (AvgIpc) is 2.98. The normalized spacial score (nSPS) is 15.3. The Balaban J connectivity index is 1.67. The predicted octanol–water partition coefficient (Wildman–Crippen LogP) is 3.12. The van der Waals surface area contributed by atoms with E-state index in [9.17, 15) is 14.5 Å². The van der Waals surface area contributed by atoms with Crippen LogP contribution in [0.2, 0.25) is 0 Å². The number of piperazine rings is 1. The molecule has 1 aliphatic heterocycles. The zero-order chi connectivity index (χ0) is 14.8. The lowest BCUT2D eigenvalue weighted by atomic mass is 10.2. The topological polar surface area (TPSA) is 49.6 Å². The average molecular weight is 307 g/mol. The summed E-state index contributed by atoms with van der Waals surface area (Å²) in [6, 6.07) is 10.1. The minimum Gasteiger partial charge on any atom is -0.366 e. The van der Waals surface area contributed by atoms with Crippen LogP contribution in [-0.2, 0) is 0 Å². The molecular formula is C14H14FN3O2S. The summed E-state index contributed by atoms with van der Waals surface area (Å²) < 4.78 is 13.8. The first kappa shape index (κ1) is 13.8. The molecule has 110 valence electrons. The molecule has 3 rings (SSSR count). The van der Waals surface area contributed by atoms with Gasteiger partial charge in [0.2, 0.25) is 0 Å². The minimum atomic E-state index is -0.371. The van der Waals surface area contributed by atoms with Crippen LogP contribution in [0.25, 0.3) is 0 Å². The van der Waals surface area contributed by atoms with E-state index < -0.39 is 0 Å². The van der Waals surface area contributed by atoms with Crippen molar-refractivity contribution in [2.45, 2.75) is 0 Å². The van der Waals surface area contributed by atoms with Crippen LogP contribution >= 0.6 is 11.3 Å². The van der Waals surface area contributed by atoms with Gasteiger partial charge in [-0.3, -0.25) is 10.1 Å². The molecule has 0 unspecified atom stereocenters. The van der Waals surface area contributed by atoms with Crippen molar-refractivity contribution in [2.75, 3.05) is 36.0 Å². The van der Waals surface area contributed by atoms with Crippen LogP contribution < -0.4 is 9.80 Å². The number of hydrogen-bond donors (Lipinski definition) is 0. The van der Waals surface area contributed by atoms with Gasteiger partial charge in [0.05, 0.1) is 15.6 Å². The standard InChI is InChI=1S/C14H14FN3O2S/c15-11-3-1-2-4-12(11)16-7-9-17(10-8-16)13-5-6-14(21-13)18(19)20/h1-6H,7-10H2. The van der Waals surface area contributed by atoms with Crippen LogP contribution in [0.5, 0.6) is 0 Å². The number of thiophene rings is 1. The van der Waals surface area contributed by atoms with E-state index in [4.69, 9.17) is 0 Å². The van der Waals surface area contributed by atoms with E-state index in [1.54, 1.807) is 18.2 Å². The highest BCUT2D eigenvalue weighted by atomic mass is 32.1. The number of halogens is 1. The first-order chi connectivity index (χ1) is 10.1. The maximum atomic E-state index is 13.8. The van der Waals surface area contributed by atoms with Crippen molar-refractivity contribution in [2.24, 2.45) is 0 Å². The molecule has 0 radical (unpaired) electrons. The lowest BCUT2D eigenvalue weighted by Crippen LogP contribution is -2.46. The lowest BCUT2D eigenvalue weighted by molar-refractivity contribution is -0.380. The Hall–Kier alpha value is -2.15. The Morgan fingerprint density at radius 1 is 1.05 bits per heavy atom. The van der Waals surface area contributed by atoms with Gasteiger partial charge in [-0.1, -0.05) is 12.1 Å². The molecular weight excluding hydrogens is 293 g/mol. The van der Waals surface area contributed by atoms with Crippen molar-refractivity contribution in [1.82, 2.24) is 0 Å². The van der Waals surface area contributed by atoms with E-state index in [0.29, 0.717) is 18.8 Å². The summed E-state index contributed by atoms with van der Waals surface area (Å²) in [5.74, 6) is -0.210. The van der Waals surface area contributed by atoms with Crippen molar-refractivity contribution in [3.05, 3.63) is 52.3 Å². The Morgan fingerprint density at radius 3 is 2.33 bits per heavy atom. The molecule has 1 fully saturated rings. The maximum Gasteiger partial charge on any atom is 0.326 e. The van der Waals surface area contributed by atoms with Crippen LogP contribution in [0.4, 0.5) is 20.1 Å². The quantitative estimate of drug-likeness (QED) is 0.646. The lowest BCUT2D eigenvalue weighted by Gasteiger charge is -2.36. The van der Waals surface area contributed by atoms with Gasteiger partial charge in [0.1, 0.15) is 5.82 Å². The highest BCUT2D eigenvalue weighted by Gasteiger charge is 2.21. The number of para-hydroxylation sites is 1. The molecule has 1 saturated heterocycles. The summed E-state index contributed by atoms with van der Waals surface area (Å²) in [5.41, 5.74) is 0.620. The van der Waals surface area contributed by atoms with E-state index in [-0.39, 0.29) is 15.7 Å². The van der Waals surface area contributed by atoms with E-state index in [1.165, 1.54) is 23.5 Å². The van der Waals surface area contributed by atoms with E-state index in [2.05, 4.69) is 4.90 Å². The molecule has 0 amide bonds. The van der Waals surface area contributed by atoms with Gasteiger partial charge >= 0.3 is 5.00 Å². The fourth-order valence-corrected chi connectivity index (χ4v) is 3.33. The minimum absolute atomic E-state index is 0.154. The first-order valence-corrected chi connectivity index (χ1v) is 7.45. The molecule has 0 N–H and O–H groups in total. The Morgan fingerprint density at radius 2 is 1.71 bits per heavy atom. The molecule has 0 aliphatic carbocycles. The van der Waals surface area contributed by atoms with Gasteiger partial charge in [-0.15, -0.1) is 0 Å². The number of anilines is 2. The summed E-state index contributed by atoms with van der Waals surface area (Å²) in [6.45, 7) is 2.86. The summed E-state index contributed by atoms with van der Waals surface area (Å²) in [7, 11) is 0. The van der Waals surface area contributed by atoms with Crippen LogP contribution in [-0.4, -0.2) is 31.1 Å². The van der Waals surface area contributed by atoms with E-state index in [1.807, 2.05) is 11.0 Å². The molecule has 2 heterocycles. The second-order valence-corrected chi connectivity index (χ2v) is 5.84. The predicted molar refractivity (Wildman–Crippen MR) is 81.8 cm³/mol. The SMILES string of the molecule is O=[N+]([O-])c1ccc(N2CCN(c3ccccc3F)CC2)s1. The van der Waals surface area contributed by atoms with Crippen molar-refractivity contribution in [3.63, 3.8) is 0 Å². The van der Waals surface area contributed by atoms with Gasteiger partial charge in [-0.25, -0.2) is 4.39 Å². The van der Waals surface area contributed by atoms with Gasteiger partial charge in [-0.2, -0.15) is 0 Å². The molecule has 0 atom stereocenters. The summed E-state index contributed by atoms with van der Waals surface area (Å²) >= 11 is 1.18. The van der Waals surface area contributed by atoms with Gasteiger partial charge in [0, 0.05) is 32.2 Å². The zero-order valence-electron chi connectivity index (χ0n) is 11.2. The number of nitrogens with zero attached hydrogens (tertiary/aromatic N) is 3. The zero-order valence-corrected chi connectivity index (χ0v) is 12.1. The van der Waals surface area contributed by atoms with E-state index >= 15 is 0 Å². The molecule has 5 nitrogen and oxygen atoms in total. The molecule has 1 aromatic carbocycles. The monoisotopic (exact) mass is 307 g/mol. The summed E-state index contributed by atoms with van der Waals surface area (Å²) in [4.78, 5) is 14.5. The maximum absolute atomic E-state index is 13.8.